The molecule has 0 aliphatic rings. The highest BCUT2D eigenvalue weighted by atomic mass is 15.0. The van der Waals surface area contributed by atoms with Gasteiger partial charge in [0.05, 0.1) is 18.9 Å². The summed E-state index contributed by atoms with van der Waals surface area (Å²) in [4.78, 5) is 7.80. The van der Waals surface area contributed by atoms with Gasteiger partial charge in [-0.1, -0.05) is 5.92 Å². The monoisotopic (exact) mass is 172 g/mol. The minimum atomic E-state index is 0.300. The summed E-state index contributed by atoms with van der Waals surface area (Å²) in [6.45, 7) is 2.28. The molecule has 0 aromatic carbocycles. The van der Waals surface area contributed by atoms with Crippen molar-refractivity contribution in [3.05, 3.63) is 18.1 Å². The summed E-state index contributed by atoms with van der Waals surface area (Å²) in [5.74, 6) is 6.13. The van der Waals surface area contributed by atoms with Crippen molar-refractivity contribution in [2.75, 3.05) is 11.9 Å². The summed E-state index contributed by atoms with van der Waals surface area (Å²) >= 11 is 0. The molecule has 1 aromatic rings. The lowest BCUT2D eigenvalue weighted by atomic mass is 10.5. The van der Waals surface area contributed by atoms with E-state index in [4.69, 9.17) is 5.26 Å². The highest BCUT2D eigenvalue weighted by Gasteiger charge is 1.94. The molecule has 0 spiro atoms. The van der Waals surface area contributed by atoms with Gasteiger partial charge in [0.2, 0.25) is 0 Å². The van der Waals surface area contributed by atoms with Gasteiger partial charge in [0, 0.05) is 0 Å². The molecule has 0 amide bonds. The predicted octanol–water partition coefficient (Wildman–Crippen LogP) is 0.783. The van der Waals surface area contributed by atoms with Gasteiger partial charge in [-0.3, -0.25) is 4.98 Å². The molecule has 0 atom stereocenters. The maximum absolute atomic E-state index is 8.53. The molecule has 64 valence electrons. The second-order valence-corrected chi connectivity index (χ2v) is 2.18. The molecule has 0 bridgehead atoms. The van der Waals surface area contributed by atoms with E-state index >= 15 is 0 Å². The number of nitriles is 1. The fourth-order valence-corrected chi connectivity index (χ4v) is 0.728. The molecule has 1 heterocycles. The number of rotatable bonds is 2. The van der Waals surface area contributed by atoms with E-state index in [1.54, 1.807) is 13.1 Å². The number of hydrogen-bond acceptors (Lipinski definition) is 4. The lowest BCUT2D eigenvalue weighted by molar-refractivity contribution is 1.14. The highest BCUT2D eigenvalue weighted by molar-refractivity contribution is 5.35. The first-order valence-corrected chi connectivity index (χ1v) is 3.72. The van der Waals surface area contributed by atoms with Gasteiger partial charge < -0.3 is 5.32 Å². The van der Waals surface area contributed by atoms with E-state index < -0.39 is 0 Å². The van der Waals surface area contributed by atoms with Crippen molar-refractivity contribution in [2.24, 2.45) is 0 Å². The molecule has 0 unspecified atom stereocenters. The summed E-state index contributed by atoms with van der Waals surface area (Å²) in [7, 11) is 0. The summed E-state index contributed by atoms with van der Waals surface area (Å²) in [6, 6.07) is 1.91. The quantitative estimate of drug-likeness (QED) is 0.670. The van der Waals surface area contributed by atoms with E-state index in [1.165, 1.54) is 6.20 Å². The Hall–Kier alpha value is -2.07. The molecule has 0 saturated heterocycles. The van der Waals surface area contributed by atoms with Crippen LogP contribution in [0.3, 0.4) is 0 Å². The fourth-order valence-electron chi connectivity index (χ4n) is 0.728. The summed E-state index contributed by atoms with van der Waals surface area (Å²) in [5, 5.41) is 11.4. The second kappa shape index (κ2) is 4.74. The van der Waals surface area contributed by atoms with E-state index in [0.717, 1.165) is 0 Å². The zero-order chi connectivity index (χ0) is 9.52. The Kier molecular flexibility index (Phi) is 3.29. The summed E-state index contributed by atoms with van der Waals surface area (Å²) < 4.78 is 0. The van der Waals surface area contributed by atoms with Crippen molar-refractivity contribution in [1.29, 1.82) is 5.26 Å². The van der Waals surface area contributed by atoms with E-state index in [0.29, 0.717) is 18.1 Å². The van der Waals surface area contributed by atoms with E-state index in [9.17, 15) is 0 Å². The van der Waals surface area contributed by atoms with Gasteiger partial charge in [-0.2, -0.15) is 5.26 Å². The molecule has 0 aliphatic carbocycles. The third-order valence-corrected chi connectivity index (χ3v) is 1.28. The van der Waals surface area contributed by atoms with Crippen molar-refractivity contribution < 1.29 is 0 Å². The first kappa shape index (κ1) is 9.02. The van der Waals surface area contributed by atoms with Gasteiger partial charge in [0.15, 0.2) is 5.69 Å². The van der Waals surface area contributed by atoms with Crippen LogP contribution in [0.15, 0.2) is 12.4 Å². The van der Waals surface area contributed by atoms with E-state index in [1.807, 2.05) is 6.07 Å². The van der Waals surface area contributed by atoms with E-state index in [-0.39, 0.29) is 0 Å². The molecular weight excluding hydrogens is 164 g/mol. The topological polar surface area (TPSA) is 61.6 Å². The van der Waals surface area contributed by atoms with Crippen molar-refractivity contribution in [1.82, 2.24) is 9.97 Å². The zero-order valence-electron chi connectivity index (χ0n) is 7.20. The van der Waals surface area contributed by atoms with Gasteiger partial charge in [-0.05, 0) is 6.92 Å². The van der Waals surface area contributed by atoms with Gasteiger partial charge in [0.25, 0.3) is 0 Å². The van der Waals surface area contributed by atoms with E-state index in [2.05, 4.69) is 27.1 Å². The van der Waals surface area contributed by atoms with Crippen molar-refractivity contribution in [3.63, 3.8) is 0 Å². The van der Waals surface area contributed by atoms with Crippen molar-refractivity contribution >= 4 is 5.82 Å². The molecule has 4 nitrogen and oxygen atoms in total. The largest absolute Gasteiger partial charge is 0.358 e. The Balaban J connectivity index is 2.66. The lowest BCUT2D eigenvalue weighted by Crippen LogP contribution is -2.02. The normalized spacial score (nSPS) is 8.00. The first-order valence-electron chi connectivity index (χ1n) is 3.72. The molecule has 0 fully saturated rings. The summed E-state index contributed by atoms with van der Waals surface area (Å²) in [6.07, 6.45) is 2.97. The van der Waals surface area contributed by atoms with Crippen LogP contribution < -0.4 is 5.32 Å². The maximum atomic E-state index is 8.53. The van der Waals surface area contributed by atoms with Gasteiger partial charge >= 0.3 is 0 Å². The summed E-state index contributed by atoms with van der Waals surface area (Å²) in [5.41, 5.74) is 0.300. The van der Waals surface area contributed by atoms with Gasteiger partial charge in [-0.15, -0.1) is 5.92 Å². The lowest BCUT2D eigenvalue weighted by Gasteiger charge is -1.98. The number of hydrogen-bond donors (Lipinski definition) is 1. The van der Waals surface area contributed by atoms with Crippen LogP contribution in [-0.2, 0) is 0 Å². The van der Waals surface area contributed by atoms with Gasteiger partial charge in [-0.25, -0.2) is 4.98 Å². The van der Waals surface area contributed by atoms with Crippen molar-refractivity contribution in [2.45, 2.75) is 6.92 Å². The smallest absolute Gasteiger partial charge is 0.161 e. The molecule has 1 rings (SSSR count). The van der Waals surface area contributed by atoms with Crippen LogP contribution in [-0.4, -0.2) is 16.5 Å². The first-order chi connectivity index (χ1) is 6.36. The second-order valence-electron chi connectivity index (χ2n) is 2.18. The standard InChI is InChI=1S/C9H8N4/c1-2-3-4-12-9-7-11-6-8(5-10)13-9/h6-7H,4H2,1H3,(H,12,13). The molecule has 0 aliphatic heterocycles. The van der Waals surface area contributed by atoms with Gasteiger partial charge in [0.1, 0.15) is 11.9 Å². The Bertz CT molecular complexity index is 381. The average molecular weight is 172 g/mol. The minimum Gasteiger partial charge on any atom is -0.358 e. The van der Waals surface area contributed by atoms with Crippen LogP contribution in [0.2, 0.25) is 0 Å². The SMILES string of the molecule is CC#CCNc1cncc(C#N)n1. The molecule has 4 heteroatoms. The van der Waals surface area contributed by atoms with Crippen LogP contribution in [0, 0.1) is 23.2 Å². The number of nitrogens with zero attached hydrogens (tertiary/aromatic N) is 3. The van der Waals surface area contributed by atoms with Crippen LogP contribution >= 0.6 is 0 Å². The third-order valence-electron chi connectivity index (χ3n) is 1.28. The molecule has 1 N–H and O–H groups in total. The van der Waals surface area contributed by atoms with Crippen LogP contribution in [0.1, 0.15) is 12.6 Å². The van der Waals surface area contributed by atoms with Crippen LogP contribution in [0.5, 0.6) is 0 Å². The molecule has 1 aromatic heterocycles. The molecule has 13 heavy (non-hydrogen) atoms. The Morgan fingerprint density at radius 2 is 2.38 bits per heavy atom. The molecule has 0 radical (unpaired) electrons. The minimum absolute atomic E-state index is 0.300. The Morgan fingerprint density at radius 1 is 1.54 bits per heavy atom. The molecular formula is C9H8N4. The maximum Gasteiger partial charge on any atom is 0.161 e. The highest BCUT2D eigenvalue weighted by Crippen LogP contribution is 1.99. The van der Waals surface area contributed by atoms with Crippen LogP contribution in [0.4, 0.5) is 5.82 Å². The number of aromatic nitrogens is 2. The predicted molar refractivity (Wildman–Crippen MR) is 48.7 cm³/mol. The molecule has 0 saturated carbocycles. The van der Waals surface area contributed by atoms with Crippen LogP contribution in [0.25, 0.3) is 0 Å². The number of nitrogens with one attached hydrogen (secondary N) is 1. The Morgan fingerprint density at radius 3 is 3.08 bits per heavy atom. The zero-order valence-corrected chi connectivity index (χ0v) is 7.20. The fraction of sp³-hybridized carbons (Fsp3) is 0.222. The Labute approximate surface area is 76.6 Å². The number of anilines is 1. The average Bonchev–Trinajstić information content (AvgIpc) is 2.19. The van der Waals surface area contributed by atoms with Crippen molar-refractivity contribution in [3.8, 4) is 17.9 Å². The third kappa shape index (κ3) is 2.80.